The highest BCUT2D eigenvalue weighted by Gasteiger charge is 2.29. The Labute approximate surface area is 182 Å². The Kier molecular flexibility index (Phi) is 7.27. The second-order valence-electron chi connectivity index (χ2n) is 6.71. The molecule has 0 fully saturated rings. The molecule has 0 N–H and O–H groups in total. The summed E-state index contributed by atoms with van der Waals surface area (Å²) in [6, 6.07) is 15.6. The van der Waals surface area contributed by atoms with Crippen LogP contribution in [0.4, 0.5) is 5.69 Å². The highest BCUT2D eigenvalue weighted by atomic mass is 16.5. The molecule has 1 heterocycles. The van der Waals surface area contributed by atoms with Gasteiger partial charge in [0.25, 0.3) is 0 Å². The average molecular weight is 419 g/mol. The van der Waals surface area contributed by atoms with Crippen molar-refractivity contribution in [3.8, 4) is 16.9 Å². The third-order valence-corrected chi connectivity index (χ3v) is 4.68. The van der Waals surface area contributed by atoms with Crippen LogP contribution in [0.1, 0.15) is 13.3 Å². The number of methoxy groups -OCH3 is 2. The normalized spacial score (nSPS) is 13.1. The molecule has 160 valence electrons. The molecular weight excluding hydrogens is 394 g/mol. The monoisotopic (exact) mass is 419 g/mol. The van der Waals surface area contributed by atoms with Crippen LogP contribution >= 0.6 is 0 Å². The lowest BCUT2D eigenvalue weighted by molar-refractivity contribution is -0.139. The Hall–Kier alpha value is -3.80. The van der Waals surface area contributed by atoms with Gasteiger partial charge in [-0.2, -0.15) is 0 Å². The van der Waals surface area contributed by atoms with Crippen molar-refractivity contribution < 1.29 is 23.8 Å². The van der Waals surface area contributed by atoms with Crippen molar-refractivity contribution in [2.45, 2.75) is 13.3 Å². The summed E-state index contributed by atoms with van der Waals surface area (Å²) in [4.78, 5) is 26.8. The molecule has 0 atom stereocenters. The maximum absolute atomic E-state index is 12.8. The van der Waals surface area contributed by atoms with Crippen molar-refractivity contribution in [3.63, 3.8) is 0 Å². The number of ether oxygens (including phenoxy) is 3. The zero-order valence-corrected chi connectivity index (χ0v) is 17.8. The van der Waals surface area contributed by atoms with Gasteiger partial charge in [0.15, 0.2) is 0 Å². The van der Waals surface area contributed by atoms with E-state index in [1.807, 2.05) is 55.5 Å². The Morgan fingerprint density at radius 1 is 0.903 bits per heavy atom. The zero-order chi connectivity index (χ0) is 22.2. The fourth-order valence-corrected chi connectivity index (χ4v) is 3.20. The second kappa shape index (κ2) is 10.3. The summed E-state index contributed by atoms with van der Waals surface area (Å²) in [5.74, 6) is -0.720. The minimum absolute atomic E-state index is 0.0471. The fraction of sp³-hybridized carbons (Fsp3) is 0.200. The first kappa shape index (κ1) is 21.9. The van der Waals surface area contributed by atoms with Gasteiger partial charge in [0.05, 0.1) is 32.1 Å². The van der Waals surface area contributed by atoms with Crippen LogP contribution in [0.2, 0.25) is 0 Å². The van der Waals surface area contributed by atoms with E-state index in [9.17, 15) is 9.59 Å². The van der Waals surface area contributed by atoms with Crippen LogP contribution in [0, 0.1) is 0 Å². The van der Waals surface area contributed by atoms with Crippen molar-refractivity contribution in [1.29, 1.82) is 0 Å². The first-order valence-electron chi connectivity index (χ1n) is 9.98. The first-order chi connectivity index (χ1) is 15.1. The van der Waals surface area contributed by atoms with Crippen molar-refractivity contribution in [2.24, 2.45) is 0 Å². The number of anilines is 1. The molecular formula is C25H25NO5. The molecule has 0 saturated carbocycles. The lowest BCUT2D eigenvalue weighted by atomic mass is 10.0. The van der Waals surface area contributed by atoms with E-state index in [2.05, 4.69) is 0 Å². The van der Waals surface area contributed by atoms with Gasteiger partial charge in [0.1, 0.15) is 11.4 Å². The second-order valence-corrected chi connectivity index (χ2v) is 6.71. The molecule has 0 spiro atoms. The van der Waals surface area contributed by atoms with Crippen LogP contribution < -0.4 is 9.64 Å². The summed E-state index contributed by atoms with van der Waals surface area (Å²) < 4.78 is 15.9. The smallest absolute Gasteiger partial charge is 0.355 e. The molecule has 2 aromatic carbocycles. The minimum Gasteiger partial charge on any atom is -0.491 e. The number of esters is 2. The molecule has 6 nitrogen and oxygen atoms in total. The average Bonchev–Trinajstić information content (AvgIpc) is 3.05. The molecule has 0 unspecified atom stereocenters. The van der Waals surface area contributed by atoms with Crippen molar-refractivity contribution in [3.05, 3.63) is 84.2 Å². The van der Waals surface area contributed by atoms with Gasteiger partial charge < -0.3 is 19.1 Å². The molecule has 1 aliphatic rings. The Bertz CT molecular complexity index is 1040. The van der Waals surface area contributed by atoms with Crippen LogP contribution in [0.25, 0.3) is 11.1 Å². The fourth-order valence-electron chi connectivity index (χ4n) is 3.20. The lowest BCUT2D eigenvalue weighted by Gasteiger charge is -2.26. The number of hydrogen-bond donors (Lipinski definition) is 0. The molecule has 0 radical (unpaired) electrons. The molecule has 0 aromatic heterocycles. The molecule has 0 saturated heterocycles. The standard InChI is InChI=1S/C25H25NO5/c1-4-16-31-22-14-13-19(18-10-6-5-7-11-18)17-21(22)26-15-9-8-12-20(24(27)29-2)23(26)25(28)30-3/h5-15,17H,4,16H2,1-3H3. The summed E-state index contributed by atoms with van der Waals surface area (Å²) in [7, 11) is 2.54. The Morgan fingerprint density at radius 3 is 2.32 bits per heavy atom. The molecule has 0 bridgehead atoms. The van der Waals surface area contributed by atoms with E-state index in [0.717, 1.165) is 17.5 Å². The van der Waals surface area contributed by atoms with E-state index < -0.39 is 11.9 Å². The number of carbonyl (C=O) groups is 2. The molecule has 0 aliphatic carbocycles. The van der Waals surface area contributed by atoms with Gasteiger partial charge in [-0.25, -0.2) is 9.59 Å². The number of nitrogens with zero attached hydrogens (tertiary/aromatic N) is 1. The predicted molar refractivity (Wildman–Crippen MR) is 119 cm³/mol. The van der Waals surface area contributed by atoms with Crippen molar-refractivity contribution in [2.75, 3.05) is 25.7 Å². The number of rotatable bonds is 7. The lowest BCUT2D eigenvalue weighted by Crippen LogP contribution is -2.27. The Morgan fingerprint density at radius 2 is 1.65 bits per heavy atom. The van der Waals surface area contributed by atoms with E-state index in [1.54, 1.807) is 23.3 Å². The van der Waals surface area contributed by atoms with Gasteiger partial charge in [0, 0.05) is 6.20 Å². The van der Waals surface area contributed by atoms with Gasteiger partial charge in [-0.15, -0.1) is 0 Å². The molecule has 0 amide bonds. The van der Waals surface area contributed by atoms with Gasteiger partial charge in [-0.05, 0) is 41.8 Å². The minimum atomic E-state index is -0.664. The van der Waals surface area contributed by atoms with Crippen LogP contribution in [0.3, 0.4) is 0 Å². The topological polar surface area (TPSA) is 65.1 Å². The summed E-state index contributed by atoms with van der Waals surface area (Å²) in [6.45, 7) is 2.53. The van der Waals surface area contributed by atoms with Gasteiger partial charge in [-0.3, -0.25) is 0 Å². The van der Waals surface area contributed by atoms with Gasteiger partial charge in [0.2, 0.25) is 0 Å². The zero-order valence-electron chi connectivity index (χ0n) is 17.8. The first-order valence-corrected chi connectivity index (χ1v) is 9.98. The van der Waals surface area contributed by atoms with E-state index >= 15 is 0 Å². The SMILES string of the molecule is CCCOc1ccc(-c2ccccc2)cc1N1C=CC=CC(C(=O)OC)=C1C(=O)OC. The van der Waals surface area contributed by atoms with Crippen molar-refractivity contribution >= 4 is 17.6 Å². The van der Waals surface area contributed by atoms with E-state index in [-0.39, 0.29) is 11.3 Å². The van der Waals surface area contributed by atoms with E-state index in [4.69, 9.17) is 14.2 Å². The molecule has 3 rings (SSSR count). The van der Waals surface area contributed by atoms with Crippen molar-refractivity contribution in [1.82, 2.24) is 0 Å². The van der Waals surface area contributed by atoms with Crippen LogP contribution in [-0.4, -0.2) is 32.8 Å². The summed E-state index contributed by atoms with van der Waals surface area (Å²) in [6.07, 6.45) is 7.45. The number of hydrogen-bond acceptors (Lipinski definition) is 6. The number of benzene rings is 2. The number of carbonyl (C=O) groups excluding carboxylic acids is 2. The highest BCUT2D eigenvalue weighted by molar-refractivity contribution is 6.05. The third kappa shape index (κ3) is 4.86. The molecule has 1 aliphatic heterocycles. The third-order valence-electron chi connectivity index (χ3n) is 4.68. The maximum Gasteiger partial charge on any atom is 0.355 e. The van der Waals surface area contributed by atoms with E-state index in [0.29, 0.717) is 18.0 Å². The van der Waals surface area contributed by atoms with E-state index in [1.165, 1.54) is 20.3 Å². The quantitative estimate of drug-likeness (QED) is 0.610. The summed E-state index contributed by atoms with van der Waals surface area (Å²) in [5, 5.41) is 0. The Balaban J connectivity index is 2.23. The predicted octanol–water partition coefficient (Wildman–Crippen LogP) is 4.63. The highest BCUT2D eigenvalue weighted by Crippen LogP contribution is 2.37. The maximum atomic E-state index is 12.8. The van der Waals surface area contributed by atoms with Crippen LogP contribution in [0.15, 0.2) is 84.2 Å². The largest absolute Gasteiger partial charge is 0.491 e. The molecule has 2 aromatic rings. The number of allylic oxidation sites excluding steroid dienone is 2. The van der Waals surface area contributed by atoms with Crippen LogP contribution in [-0.2, 0) is 19.1 Å². The molecule has 31 heavy (non-hydrogen) atoms. The van der Waals surface area contributed by atoms with Crippen LogP contribution in [0.5, 0.6) is 5.75 Å². The summed E-state index contributed by atoms with van der Waals surface area (Å²) >= 11 is 0. The van der Waals surface area contributed by atoms with Gasteiger partial charge >= 0.3 is 11.9 Å². The van der Waals surface area contributed by atoms with Gasteiger partial charge in [-0.1, -0.05) is 49.4 Å². The molecule has 6 heteroatoms. The summed E-state index contributed by atoms with van der Waals surface area (Å²) in [5.41, 5.74) is 2.70.